The van der Waals surface area contributed by atoms with Crippen LogP contribution < -0.4 is 5.43 Å². The van der Waals surface area contributed by atoms with Crippen molar-refractivity contribution in [3.05, 3.63) is 69.8 Å². The van der Waals surface area contributed by atoms with Gasteiger partial charge in [0.15, 0.2) is 11.6 Å². The highest BCUT2D eigenvalue weighted by Gasteiger charge is 2.40. The highest BCUT2D eigenvalue weighted by molar-refractivity contribution is 6.36. The van der Waals surface area contributed by atoms with E-state index in [4.69, 9.17) is 0 Å². The minimum Gasteiger partial charge on any atom is -0.293 e. The first-order valence-electron chi connectivity index (χ1n) is 7.21. The number of nitrogens with one attached hydrogen (secondary N) is 1. The van der Waals surface area contributed by atoms with Gasteiger partial charge in [-0.15, -0.1) is 0 Å². The van der Waals surface area contributed by atoms with Gasteiger partial charge in [-0.3, -0.25) is 25.1 Å². The van der Waals surface area contributed by atoms with Crippen molar-refractivity contribution in [2.75, 3.05) is 5.43 Å². The fraction of sp³-hybridized carbons (Fsp3) is 0.118. The first-order chi connectivity index (χ1) is 11.5. The summed E-state index contributed by atoms with van der Waals surface area (Å²) >= 11 is 0. The average Bonchev–Trinajstić information content (AvgIpc) is 2.84. The first kappa shape index (κ1) is 15.5. The van der Waals surface area contributed by atoms with Crippen LogP contribution in [0.1, 0.15) is 27.6 Å². The molecule has 0 atom stereocenters. The van der Waals surface area contributed by atoms with E-state index < -0.39 is 10.8 Å². The number of rotatable bonds is 4. The fourth-order valence-corrected chi connectivity index (χ4v) is 2.66. The predicted molar refractivity (Wildman–Crippen MR) is 88.4 cm³/mol. The number of nitro benzene ring substituents is 1. The highest BCUT2D eigenvalue weighted by Crippen LogP contribution is 2.28. The van der Waals surface area contributed by atoms with E-state index in [1.807, 2.05) is 0 Å². The number of anilines is 1. The van der Waals surface area contributed by atoms with E-state index >= 15 is 0 Å². The molecule has 0 unspecified atom stereocenters. The van der Waals surface area contributed by atoms with Gasteiger partial charge in [0, 0.05) is 17.2 Å². The zero-order valence-corrected chi connectivity index (χ0v) is 12.7. The number of hydrogen-bond acceptors (Lipinski definition) is 6. The molecule has 0 aromatic heterocycles. The van der Waals surface area contributed by atoms with E-state index in [2.05, 4.69) is 10.5 Å². The second kappa shape index (κ2) is 6.04. The number of carbonyl (C=O) groups is 2. The van der Waals surface area contributed by atoms with Crippen molar-refractivity contribution in [1.29, 1.82) is 0 Å². The second-order valence-electron chi connectivity index (χ2n) is 5.35. The third-order valence-electron chi connectivity index (χ3n) is 3.85. The molecule has 0 heterocycles. The minimum atomic E-state index is -0.988. The fourth-order valence-electron chi connectivity index (χ4n) is 2.66. The Morgan fingerprint density at radius 3 is 2.17 bits per heavy atom. The Morgan fingerprint density at radius 1 is 1.04 bits per heavy atom. The molecule has 0 saturated heterocycles. The summed E-state index contributed by atoms with van der Waals surface area (Å²) in [5.41, 5.74) is 3.66. The molecule has 1 aliphatic rings. The number of nitrogens with zero attached hydrogens (tertiary/aromatic N) is 2. The van der Waals surface area contributed by atoms with Gasteiger partial charge in [0.25, 0.3) is 5.69 Å². The van der Waals surface area contributed by atoms with E-state index in [1.165, 1.54) is 12.1 Å². The third-order valence-corrected chi connectivity index (χ3v) is 3.85. The summed E-state index contributed by atoms with van der Waals surface area (Å²) in [4.78, 5) is 35.2. The van der Waals surface area contributed by atoms with Crippen molar-refractivity contribution in [1.82, 2.24) is 0 Å². The van der Waals surface area contributed by atoms with Crippen LogP contribution in [-0.4, -0.2) is 22.2 Å². The summed E-state index contributed by atoms with van der Waals surface area (Å²) in [6.45, 7) is 1.55. The van der Waals surface area contributed by atoms with Gasteiger partial charge in [0.05, 0.1) is 10.6 Å². The number of Topliss-reactive ketones (excluding diaryl/α,β-unsaturated/α-hetero) is 2. The molecule has 2 aromatic rings. The van der Waals surface area contributed by atoms with Crippen molar-refractivity contribution in [3.63, 3.8) is 0 Å². The first-order valence-corrected chi connectivity index (χ1v) is 7.21. The lowest BCUT2D eigenvalue weighted by molar-refractivity contribution is -0.384. The van der Waals surface area contributed by atoms with Crippen LogP contribution in [0, 0.1) is 16.0 Å². The maximum atomic E-state index is 12.4. The van der Waals surface area contributed by atoms with Gasteiger partial charge in [0.2, 0.25) is 0 Å². The molecule has 0 aliphatic heterocycles. The quantitative estimate of drug-likeness (QED) is 0.403. The van der Waals surface area contributed by atoms with Gasteiger partial charge in [-0.2, -0.15) is 5.10 Å². The molecule has 0 bridgehead atoms. The van der Waals surface area contributed by atoms with E-state index in [1.54, 1.807) is 43.3 Å². The maximum Gasteiger partial charge on any atom is 0.294 e. The molecule has 7 heteroatoms. The molecule has 24 heavy (non-hydrogen) atoms. The lowest BCUT2D eigenvalue weighted by atomic mass is 9.99. The smallest absolute Gasteiger partial charge is 0.293 e. The van der Waals surface area contributed by atoms with E-state index in [9.17, 15) is 19.7 Å². The van der Waals surface area contributed by atoms with Crippen molar-refractivity contribution in [3.8, 4) is 0 Å². The number of carbonyl (C=O) groups excluding carboxylic acids is 2. The number of benzene rings is 2. The molecular weight excluding hydrogens is 310 g/mol. The normalized spacial score (nSPS) is 14.6. The third kappa shape index (κ3) is 2.56. The molecule has 7 nitrogen and oxygen atoms in total. The minimum absolute atomic E-state index is 0.138. The molecule has 2 aromatic carbocycles. The van der Waals surface area contributed by atoms with Crippen LogP contribution in [-0.2, 0) is 0 Å². The predicted octanol–water partition coefficient (Wildman–Crippen LogP) is 3.08. The highest BCUT2D eigenvalue weighted by atomic mass is 16.6. The van der Waals surface area contributed by atoms with E-state index in [0.717, 1.165) is 0 Å². The lowest BCUT2D eigenvalue weighted by Gasteiger charge is -2.08. The van der Waals surface area contributed by atoms with Crippen molar-refractivity contribution in [2.24, 2.45) is 11.0 Å². The van der Waals surface area contributed by atoms with Crippen LogP contribution in [0.25, 0.3) is 0 Å². The Morgan fingerprint density at radius 2 is 1.58 bits per heavy atom. The summed E-state index contributed by atoms with van der Waals surface area (Å²) in [6, 6.07) is 12.6. The monoisotopic (exact) mass is 323 g/mol. The Kier molecular flexibility index (Phi) is 3.91. The SMILES string of the molecule is CC(=NNc1ccccc1[N+](=O)[O-])C1C(=O)c2ccccc2C1=O. The van der Waals surface area contributed by atoms with Gasteiger partial charge >= 0.3 is 0 Å². The van der Waals surface area contributed by atoms with Crippen LogP contribution >= 0.6 is 0 Å². The van der Waals surface area contributed by atoms with E-state index in [-0.39, 0.29) is 28.7 Å². The van der Waals surface area contributed by atoms with Crippen LogP contribution in [0.15, 0.2) is 53.6 Å². The Balaban J connectivity index is 1.87. The van der Waals surface area contributed by atoms with Crippen LogP contribution in [0.2, 0.25) is 0 Å². The van der Waals surface area contributed by atoms with Gasteiger partial charge in [-0.05, 0) is 13.0 Å². The molecule has 3 rings (SSSR count). The number of hydrazone groups is 1. The summed E-state index contributed by atoms with van der Waals surface area (Å²) in [6.07, 6.45) is 0. The van der Waals surface area contributed by atoms with Gasteiger partial charge in [-0.1, -0.05) is 36.4 Å². The Bertz CT molecular complexity index is 854. The summed E-state index contributed by atoms with van der Waals surface area (Å²) < 4.78 is 0. The standard InChI is InChI=1S/C17H13N3O4/c1-10(18-19-13-8-4-5-9-14(13)20(23)24)15-16(21)11-6-2-3-7-12(11)17(15)22/h2-9,15,19H,1H3. The van der Waals surface area contributed by atoms with Crippen molar-refractivity contribution >= 4 is 28.7 Å². The number of ketones is 2. The molecule has 0 saturated carbocycles. The Labute approximate surface area is 137 Å². The van der Waals surface area contributed by atoms with Crippen LogP contribution in [0.3, 0.4) is 0 Å². The molecule has 0 amide bonds. The molecule has 0 spiro atoms. The maximum absolute atomic E-state index is 12.4. The molecule has 0 radical (unpaired) electrons. The van der Waals surface area contributed by atoms with Gasteiger partial charge in [-0.25, -0.2) is 0 Å². The molecule has 1 N–H and O–H groups in total. The lowest BCUT2D eigenvalue weighted by Crippen LogP contribution is -2.24. The summed E-state index contributed by atoms with van der Waals surface area (Å²) in [5.74, 6) is -1.60. The van der Waals surface area contributed by atoms with Crippen molar-refractivity contribution < 1.29 is 14.5 Å². The zero-order valence-electron chi connectivity index (χ0n) is 12.7. The topological polar surface area (TPSA) is 102 Å². The average molecular weight is 323 g/mol. The Hall–Kier alpha value is -3.35. The molecule has 0 fully saturated rings. The summed E-state index contributed by atoms with van der Waals surface area (Å²) in [7, 11) is 0. The number of fused-ring (bicyclic) bond motifs is 1. The largest absolute Gasteiger partial charge is 0.294 e. The van der Waals surface area contributed by atoms with Crippen molar-refractivity contribution in [2.45, 2.75) is 6.92 Å². The van der Waals surface area contributed by atoms with Gasteiger partial charge in [0.1, 0.15) is 11.6 Å². The van der Waals surface area contributed by atoms with E-state index in [0.29, 0.717) is 11.1 Å². The number of hydrogen-bond donors (Lipinski definition) is 1. The van der Waals surface area contributed by atoms with Crippen LogP contribution in [0.4, 0.5) is 11.4 Å². The number of nitro groups is 1. The van der Waals surface area contributed by atoms with Gasteiger partial charge < -0.3 is 0 Å². The summed E-state index contributed by atoms with van der Waals surface area (Å²) in [5, 5.41) is 15.0. The molecule has 1 aliphatic carbocycles. The molecular formula is C17H13N3O4. The second-order valence-corrected chi connectivity index (χ2v) is 5.35. The zero-order chi connectivity index (χ0) is 17.3. The van der Waals surface area contributed by atoms with Crippen LogP contribution in [0.5, 0.6) is 0 Å². The number of para-hydroxylation sites is 2. The molecule has 120 valence electrons.